The van der Waals surface area contributed by atoms with Gasteiger partial charge in [0, 0.05) is 24.0 Å². The van der Waals surface area contributed by atoms with Crippen molar-refractivity contribution >= 4 is 66.4 Å². The van der Waals surface area contributed by atoms with Crippen molar-refractivity contribution in [2.75, 3.05) is 36.1 Å². The Kier molecular flexibility index (Phi) is 6.37. The van der Waals surface area contributed by atoms with E-state index in [4.69, 9.17) is 11.6 Å². The molecule has 4 heterocycles. The Balaban J connectivity index is 1.46. The fourth-order valence-corrected chi connectivity index (χ4v) is 4.98. The maximum atomic E-state index is 12.4. The van der Waals surface area contributed by atoms with Crippen LogP contribution >= 0.6 is 22.9 Å². The molecule has 1 aliphatic rings. The number of carbonyl (C=O) groups is 1. The number of fused-ring (bicyclic) bond motifs is 1. The fraction of sp³-hybridized carbons (Fsp3) is 0.250. The molecular formula is C20H20ClN9O3S2. The second-order valence-electron chi connectivity index (χ2n) is 7.82. The highest BCUT2D eigenvalue weighted by atomic mass is 35.5. The van der Waals surface area contributed by atoms with Crippen LogP contribution in [-0.2, 0) is 21.4 Å². The van der Waals surface area contributed by atoms with Crippen LogP contribution in [0.3, 0.4) is 0 Å². The molecule has 1 amide bonds. The highest BCUT2D eigenvalue weighted by Gasteiger charge is 2.22. The van der Waals surface area contributed by atoms with Crippen molar-refractivity contribution in [1.29, 1.82) is 0 Å². The van der Waals surface area contributed by atoms with Crippen LogP contribution in [0.5, 0.6) is 0 Å². The molecule has 4 aromatic rings. The van der Waals surface area contributed by atoms with Crippen molar-refractivity contribution in [2.45, 2.75) is 6.54 Å². The van der Waals surface area contributed by atoms with Gasteiger partial charge in [0.05, 0.1) is 47.5 Å². The van der Waals surface area contributed by atoms with Crippen LogP contribution in [0.15, 0.2) is 30.5 Å². The van der Waals surface area contributed by atoms with Crippen LogP contribution in [0.25, 0.3) is 21.5 Å². The van der Waals surface area contributed by atoms with Crippen molar-refractivity contribution in [3.8, 4) is 10.6 Å². The Morgan fingerprint density at radius 2 is 2.11 bits per heavy atom. The number of aromatic nitrogens is 5. The Bertz CT molecular complexity index is 1520. The average Bonchev–Trinajstić information content (AvgIpc) is 3.49. The van der Waals surface area contributed by atoms with Gasteiger partial charge in [-0.2, -0.15) is 5.10 Å². The smallest absolute Gasteiger partial charge is 0.242 e. The molecule has 15 heteroatoms. The molecule has 12 nitrogen and oxygen atoms in total. The van der Waals surface area contributed by atoms with Gasteiger partial charge in [-0.15, -0.1) is 10.2 Å². The largest absolute Gasteiger partial charge is 0.329 e. The van der Waals surface area contributed by atoms with E-state index < -0.39 is 10.0 Å². The summed E-state index contributed by atoms with van der Waals surface area (Å²) in [5, 5.41) is 23.9. The summed E-state index contributed by atoms with van der Waals surface area (Å²) in [5.41, 5.74) is 2.59. The van der Waals surface area contributed by atoms with E-state index in [1.54, 1.807) is 23.2 Å². The van der Waals surface area contributed by atoms with Gasteiger partial charge in [-0.05, 0) is 24.3 Å². The predicted octanol–water partition coefficient (Wildman–Crippen LogP) is 1.86. The summed E-state index contributed by atoms with van der Waals surface area (Å²) in [4.78, 5) is 18.5. The molecule has 0 unspecified atom stereocenters. The summed E-state index contributed by atoms with van der Waals surface area (Å²) in [6, 6.07) is 7.16. The van der Waals surface area contributed by atoms with E-state index in [-0.39, 0.29) is 19.0 Å². The number of anilines is 3. The van der Waals surface area contributed by atoms with E-state index in [1.165, 1.54) is 11.3 Å². The lowest BCUT2D eigenvalue weighted by Gasteiger charge is -2.27. The molecule has 0 bridgehead atoms. The zero-order chi connectivity index (χ0) is 24.6. The summed E-state index contributed by atoms with van der Waals surface area (Å²) in [5.74, 6) is 0.310. The number of nitrogens with one attached hydrogen (secondary N) is 4. The number of rotatable bonds is 7. The highest BCUT2D eigenvalue weighted by molar-refractivity contribution is 7.88. The average molecular weight is 534 g/mol. The monoisotopic (exact) mass is 533 g/mol. The molecule has 0 atom stereocenters. The Labute approximate surface area is 209 Å². The molecule has 1 aromatic carbocycles. The van der Waals surface area contributed by atoms with Gasteiger partial charge >= 0.3 is 0 Å². The molecule has 5 rings (SSSR count). The van der Waals surface area contributed by atoms with Crippen LogP contribution < -0.4 is 20.3 Å². The van der Waals surface area contributed by atoms with E-state index in [0.29, 0.717) is 51.0 Å². The number of hydrogen-bond donors (Lipinski definition) is 4. The number of piperazine rings is 1. The quantitative estimate of drug-likeness (QED) is 0.278. The predicted molar refractivity (Wildman–Crippen MR) is 134 cm³/mol. The van der Waals surface area contributed by atoms with Crippen LogP contribution in [0, 0.1) is 0 Å². The first-order valence-corrected chi connectivity index (χ1v) is 13.5. The van der Waals surface area contributed by atoms with Crippen molar-refractivity contribution in [1.82, 2.24) is 35.4 Å². The van der Waals surface area contributed by atoms with Gasteiger partial charge in [0.2, 0.25) is 21.1 Å². The molecule has 3 aromatic heterocycles. The minimum absolute atomic E-state index is 0.0236. The first-order valence-electron chi connectivity index (χ1n) is 10.5. The molecule has 182 valence electrons. The lowest BCUT2D eigenvalue weighted by atomic mass is 10.2. The number of pyridine rings is 1. The second kappa shape index (κ2) is 9.47. The first-order chi connectivity index (χ1) is 16.8. The molecule has 0 spiro atoms. The molecule has 1 saturated heterocycles. The maximum Gasteiger partial charge on any atom is 0.242 e. The lowest BCUT2D eigenvalue weighted by Crippen LogP contribution is -2.48. The van der Waals surface area contributed by atoms with E-state index in [2.05, 4.69) is 40.7 Å². The Morgan fingerprint density at radius 1 is 1.26 bits per heavy atom. The number of halogens is 1. The first kappa shape index (κ1) is 23.6. The molecule has 0 radical (unpaired) electrons. The Hall–Kier alpha value is -3.17. The third-order valence-corrected chi connectivity index (χ3v) is 7.18. The van der Waals surface area contributed by atoms with Gasteiger partial charge in [-0.3, -0.25) is 14.8 Å². The summed E-state index contributed by atoms with van der Waals surface area (Å²) < 4.78 is 25.7. The number of H-pyrrole nitrogens is 1. The normalized spacial score (nSPS) is 14.6. The zero-order valence-corrected chi connectivity index (χ0v) is 20.8. The molecule has 1 fully saturated rings. The van der Waals surface area contributed by atoms with E-state index in [1.807, 2.05) is 12.1 Å². The highest BCUT2D eigenvalue weighted by Crippen LogP contribution is 2.35. The fourth-order valence-electron chi connectivity index (χ4n) is 3.56. The molecule has 35 heavy (non-hydrogen) atoms. The number of aromatic amines is 1. The molecule has 1 aliphatic heterocycles. The van der Waals surface area contributed by atoms with Gasteiger partial charge in [-0.25, -0.2) is 18.1 Å². The summed E-state index contributed by atoms with van der Waals surface area (Å²) in [6.45, 7) is 1.26. The number of amides is 1. The number of benzene rings is 1. The van der Waals surface area contributed by atoms with Crippen LogP contribution in [0.2, 0.25) is 5.02 Å². The van der Waals surface area contributed by atoms with Gasteiger partial charge in [0.15, 0.2) is 0 Å². The number of hydrogen-bond acceptors (Lipinski definition) is 10. The van der Waals surface area contributed by atoms with Crippen molar-refractivity contribution in [3.63, 3.8) is 0 Å². The number of sulfonamides is 1. The summed E-state index contributed by atoms with van der Waals surface area (Å²) >= 11 is 7.78. The van der Waals surface area contributed by atoms with Crippen LogP contribution in [0.1, 0.15) is 5.69 Å². The second-order valence-corrected chi connectivity index (χ2v) is 11.0. The van der Waals surface area contributed by atoms with Gasteiger partial charge < -0.3 is 10.6 Å². The van der Waals surface area contributed by atoms with Gasteiger partial charge in [0.25, 0.3) is 0 Å². The standard InChI is InChI=1S/C20H20ClN9O3S2/c1-35(32,33)24-8-12-6-11(7-16(25-12)30-5-4-22-10-17(30)31)19-28-29-20(34-19)26-15-3-2-14-13(18(15)21)9-23-27-14/h2-3,6-7,9,22,24H,4-5,8,10H2,1H3,(H,23,27)(H,26,29). The summed E-state index contributed by atoms with van der Waals surface area (Å²) in [7, 11) is -3.43. The zero-order valence-electron chi connectivity index (χ0n) is 18.4. The third-order valence-electron chi connectivity index (χ3n) is 5.22. The van der Waals surface area contributed by atoms with Crippen LogP contribution in [-0.4, -0.2) is 65.6 Å². The van der Waals surface area contributed by atoms with Crippen molar-refractivity contribution in [3.05, 3.63) is 41.2 Å². The molecule has 0 aliphatic carbocycles. The number of carbonyl (C=O) groups excluding carboxylic acids is 1. The van der Waals surface area contributed by atoms with E-state index in [0.717, 1.165) is 17.2 Å². The molecular weight excluding hydrogens is 514 g/mol. The molecule has 4 N–H and O–H groups in total. The molecule has 0 saturated carbocycles. The SMILES string of the molecule is CS(=O)(=O)NCc1cc(-c2nnc(Nc3ccc4[nH]ncc4c3Cl)s2)cc(N2CCNCC2=O)n1. The minimum Gasteiger partial charge on any atom is -0.329 e. The topological polar surface area (TPSA) is 158 Å². The number of nitrogens with zero attached hydrogens (tertiary/aromatic N) is 5. The van der Waals surface area contributed by atoms with Crippen LogP contribution in [0.4, 0.5) is 16.6 Å². The third kappa shape index (κ3) is 5.26. The lowest BCUT2D eigenvalue weighted by molar-refractivity contribution is -0.118. The Morgan fingerprint density at radius 3 is 2.91 bits per heavy atom. The van der Waals surface area contributed by atoms with Gasteiger partial charge in [0.1, 0.15) is 10.8 Å². The maximum absolute atomic E-state index is 12.4. The van der Waals surface area contributed by atoms with E-state index >= 15 is 0 Å². The minimum atomic E-state index is -3.43. The van der Waals surface area contributed by atoms with Gasteiger partial charge in [-0.1, -0.05) is 22.9 Å². The summed E-state index contributed by atoms with van der Waals surface area (Å²) in [6.07, 6.45) is 2.72. The van der Waals surface area contributed by atoms with Crippen molar-refractivity contribution < 1.29 is 13.2 Å². The van der Waals surface area contributed by atoms with E-state index in [9.17, 15) is 13.2 Å². The van der Waals surface area contributed by atoms with Crippen molar-refractivity contribution in [2.24, 2.45) is 0 Å².